The van der Waals surface area contributed by atoms with Crippen LogP contribution in [0.5, 0.6) is 5.75 Å². The molecule has 3 aliphatic heterocycles. The van der Waals surface area contributed by atoms with Crippen molar-refractivity contribution in [3.63, 3.8) is 0 Å². The summed E-state index contributed by atoms with van der Waals surface area (Å²) in [6.45, 7) is 9.98. The summed E-state index contributed by atoms with van der Waals surface area (Å²) in [5.41, 5.74) is 2.24. The number of fused-ring (bicyclic) bond motifs is 3. The van der Waals surface area contributed by atoms with E-state index in [1.807, 2.05) is 12.1 Å². The molecule has 3 aliphatic rings. The molecule has 2 aromatic carbocycles. The minimum absolute atomic E-state index is 0.0457. The van der Waals surface area contributed by atoms with Crippen LogP contribution >= 0.6 is 11.6 Å². The van der Waals surface area contributed by atoms with Crippen LogP contribution in [0.2, 0.25) is 30.7 Å². The van der Waals surface area contributed by atoms with Crippen molar-refractivity contribution in [1.82, 2.24) is 4.90 Å². The molecule has 0 aromatic heterocycles. The third-order valence-corrected chi connectivity index (χ3v) is 9.75. The number of nitrogens with one attached hydrogen (secondary N) is 1. The number of nitrogens with zero attached hydrogens (tertiary/aromatic N) is 2. The van der Waals surface area contributed by atoms with Gasteiger partial charge >= 0.3 is 0 Å². The molecule has 2 amide bonds. The highest BCUT2D eigenvalue weighted by Crippen LogP contribution is 2.45. The molecule has 0 radical (unpaired) electrons. The normalized spacial score (nSPS) is 18.6. The van der Waals surface area contributed by atoms with Crippen LogP contribution in [0.25, 0.3) is 0 Å². The molecule has 204 valence electrons. The molecular weight excluding hydrogens is 525 g/mol. The number of ether oxygens (including phenoxy) is 2. The first kappa shape index (κ1) is 27.1. The molecule has 1 saturated heterocycles. The van der Waals surface area contributed by atoms with Gasteiger partial charge in [-0.3, -0.25) is 19.4 Å². The average Bonchev–Trinajstić information content (AvgIpc) is 3.31. The predicted octanol–water partition coefficient (Wildman–Crippen LogP) is 5.05. The van der Waals surface area contributed by atoms with Crippen molar-refractivity contribution < 1.29 is 23.5 Å². The molecule has 1 spiro atoms. The van der Waals surface area contributed by atoms with Gasteiger partial charge in [0.25, 0.3) is 0 Å². The Hall–Kier alpha value is -2.46. The van der Waals surface area contributed by atoms with E-state index in [4.69, 9.17) is 21.1 Å². The van der Waals surface area contributed by atoms with Gasteiger partial charge < -0.3 is 14.8 Å². The zero-order valence-electron chi connectivity index (χ0n) is 22.2. The fourth-order valence-corrected chi connectivity index (χ4v) is 6.46. The van der Waals surface area contributed by atoms with Crippen molar-refractivity contribution in [2.24, 2.45) is 0 Å². The van der Waals surface area contributed by atoms with Gasteiger partial charge in [0.2, 0.25) is 11.8 Å². The maximum absolute atomic E-state index is 15.0. The van der Waals surface area contributed by atoms with Crippen LogP contribution in [-0.2, 0) is 26.2 Å². The number of piperidine rings is 1. The number of carbonyl (C=O) groups is 2. The summed E-state index contributed by atoms with van der Waals surface area (Å²) >= 11 is 6.22. The molecule has 10 heteroatoms. The van der Waals surface area contributed by atoms with Crippen LogP contribution in [0.3, 0.4) is 0 Å². The number of likely N-dealkylation sites (tertiary alicyclic amines) is 1. The van der Waals surface area contributed by atoms with Gasteiger partial charge in [0.05, 0.1) is 17.5 Å². The second-order valence-electron chi connectivity index (χ2n) is 11.7. The van der Waals surface area contributed by atoms with Crippen molar-refractivity contribution in [2.45, 2.75) is 50.4 Å². The maximum atomic E-state index is 15.0. The Labute approximate surface area is 229 Å². The standard InChI is InChI=1S/C28H35ClFN3O4Si/c1-38(2,3)13-12-36-18-33-25(34)15-19-14-21(17-23(30)26(19)33)37-11-10-32-8-6-28(7-9-32)22-16-20(29)4-5-24(22)31-27(28)35/h4-5,14,16-17H,6-13,15,18H2,1-3H3,(H,31,35). The van der Waals surface area contributed by atoms with Gasteiger partial charge in [-0.2, -0.15) is 0 Å². The van der Waals surface area contributed by atoms with E-state index in [1.165, 1.54) is 11.0 Å². The number of carbonyl (C=O) groups excluding carboxylic acids is 2. The fourth-order valence-electron chi connectivity index (χ4n) is 5.54. The van der Waals surface area contributed by atoms with Crippen molar-refractivity contribution in [2.75, 3.05) is 49.8 Å². The smallest absolute Gasteiger partial charge is 0.235 e. The molecule has 38 heavy (non-hydrogen) atoms. The zero-order valence-corrected chi connectivity index (χ0v) is 24.0. The highest BCUT2D eigenvalue weighted by Gasteiger charge is 2.48. The second kappa shape index (κ2) is 10.6. The molecule has 5 rings (SSSR count). The topological polar surface area (TPSA) is 71.1 Å². The molecule has 0 aliphatic carbocycles. The van der Waals surface area contributed by atoms with E-state index < -0.39 is 19.3 Å². The lowest BCUT2D eigenvalue weighted by Gasteiger charge is -2.38. The fraction of sp³-hybridized carbons (Fsp3) is 0.500. The number of hydrogen-bond acceptors (Lipinski definition) is 5. The van der Waals surface area contributed by atoms with Gasteiger partial charge in [-0.1, -0.05) is 31.2 Å². The van der Waals surface area contributed by atoms with Gasteiger partial charge in [0.15, 0.2) is 5.82 Å². The lowest BCUT2D eigenvalue weighted by atomic mass is 9.73. The number of halogens is 2. The molecule has 1 N–H and O–H groups in total. The van der Waals surface area contributed by atoms with Crippen LogP contribution in [-0.4, -0.2) is 64.4 Å². The summed E-state index contributed by atoms with van der Waals surface area (Å²) < 4.78 is 26.6. The molecule has 7 nitrogen and oxygen atoms in total. The van der Waals surface area contributed by atoms with E-state index in [0.29, 0.717) is 54.6 Å². The SMILES string of the molecule is C[Si](C)(C)CCOCN1C(=O)Cc2cc(OCCN3CCC4(CC3)C(=O)Nc3ccc(Cl)cc34)cc(F)c21. The summed E-state index contributed by atoms with van der Waals surface area (Å²) in [4.78, 5) is 29.0. The Morgan fingerprint density at radius 3 is 2.61 bits per heavy atom. The van der Waals surface area contributed by atoms with Crippen molar-refractivity contribution in [3.05, 3.63) is 52.3 Å². The Balaban J connectivity index is 1.14. The van der Waals surface area contributed by atoms with E-state index in [1.54, 1.807) is 12.1 Å². The molecule has 0 unspecified atom stereocenters. The van der Waals surface area contributed by atoms with E-state index in [-0.39, 0.29) is 25.0 Å². The molecule has 0 atom stereocenters. The van der Waals surface area contributed by atoms with Gasteiger partial charge in [0, 0.05) is 38.0 Å². The first-order chi connectivity index (χ1) is 18.1. The van der Waals surface area contributed by atoms with Crippen LogP contribution in [0, 0.1) is 5.82 Å². The lowest BCUT2D eigenvalue weighted by Crippen LogP contribution is -2.47. The van der Waals surface area contributed by atoms with Crippen LogP contribution in [0.1, 0.15) is 24.0 Å². The van der Waals surface area contributed by atoms with Gasteiger partial charge in [-0.15, -0.1) is 0 Å². The first-order valence-corrected chi connectivity index (χ1v) is 17.3. The van der Waals surface area contributed by atoms with Gasteiger partial charge in [-0.05, 0) is 67.4 Å². The van der Waals surface area contributed by atoms with E-state index in [2.05, 4.69) is 29.9 Å². The number of hydrogen-bond donors (Lipinski definition) is 1. The summed E-state index contributed by atoms with van der Waals surface area (Å²) in [6.07, 6.45) is 1.55. The van der Waals surface area contributed by atoms with Crippen molar-refractivity contribution in [1.29, 1.82) is 0 Å². The Morgan fingerprint density at radius 1 is 1.11 bits per heavy atom. The van der Waals surface area contributed by atoms with E-state index >= 15 is 4.39 Å². The van der Waals surface area contributed by atoms with Crippen LogP contribution in [0.4, 0.5) is 15.8 Å². The third-order valence-electron chi connectivity index (χ3n) is 7.81. The number of rotatable bonds is 9. The first-order valence-electron chi connectivity index (χ1n) is 13.2. The number of amides is 2. The molecule has 0 bridgehead atoms. The van der Waals surface area contributed by atoms with Crippen LogP contribution < -0.4 is 15.0 Å². The Kier molecular flexibility index (Phi) is 7.56. The average molecular weight is 560 g/mol. The highest BCUT2D eigenvalue weighted by atomic mass is 35.5. The monoisotopic (exact) mass is 559 g/mol. The van der Waals surface area contributed by atoms with Crippen molar-refractivity contribution in [3.8, 4) is 5.75 Å². The highest BCUT2D eigenvalue weighted by molar-refractivity contribution is 6.76. The Bertz CT molecular complexity index is 1240. The van der Waals surface area contributed by atoms with Crippen LogP contribution in [0.15, 0.2) is 30.3 Å². The zero-order chi connectivity index (χ0) is 27.1. The van der Waals surface area contributed by atoms with Crippen molar-refractivity contribution >= 4 is 42.9 Å². The van der Waals surface area contributed by atoms with E-state index in [0.717, 1.165) is 30.4 Å². The summed E-state index contributed by atoms with van der Waals surface area (Å²) in [6, 6.07) is 9.67. The molecular formula is C28H35ClFN3O4Si. The quantitative estimate of drug-likeness (QED) is 0.344. The minimum Gasteiger partial charge on any atom is -0.492 e. The second-order valence-corrected chi connectivity index (χ2v) is 17.7. The number of anilines is 2. The molecule has 1 fully saturated rings. The Morgan fingerprint density at radius 2 is 1.87 bits per heavy atom. The van der Waals surface area contributed by atoms with E-state index in [9.17, 15) is 9.59 Å². The third kappa shape index (κ3) is 5.47. The lowest BCUT2D eigenvalue weighted by molar-refractivity contribution is -0.122. The predicted molar refractivity (Wildman–Crippen MR) is 149 cm³/mol. The molecule has 2 aromatic rings. The minimum atomic E-state index is -1.24. The summed E-state index contributed by atoms with van der Waals surface area (Å²) in [7, 11) is -1.24. The van der Waals surface area contributed by atoms with Gasteiger partial charge in [-0.25, -0.2) is 4.39 Å². The largest absolute Gasteiger partial charge is 0.492 e. The summed E-state index contributed by atoms with van der Waals surface area (Å²) in [5.74, 6) is -0.168. The van der Waals surface area contributed by atoms with Gasteiger partial charge in [0.1, 0.15) is 19.1 Å². The summed E-state index contributed by atoms with van der Waals surface area (Å²) in [5, 5.41) is 3.64. The molecule has 0 saturated carbocycles. The number of benzene rings is 2. The maximum Gasteiger partial charge on any atom is 0.235 e. The molecule has 3 heterocycles.